The summed E-state index contributed by atoms with van der Waals surface area (Å²) in [5.74, 6) is 0.477. The zero-order valence-electron chi connectivity index (χ0n) is 11.9. The minimum absolute atomic E-state index is 0.355. The predicted octanol–water partition coefficient (Wildman–Crippen LogP) is 5.44. The van der Waals surface area contributed by atoms with E-state index in [0.717, 1.165) is 23.9 Å². The van der Waals surface area contributed by atoms with E-state index in [0.29, 0.717) is 12.0 Å². The maximum Gasteiger partial charge on any atom is 0.0843 e. The third-order valence-electron chi connectivity index (χ3n) is 3.99. The molecule has 0 amide bonds. The third-order valence-corrected chi connectivity index (χ3v) is 7.33. The van der Waals surface area contributed by atoms with Crippen LogP contribution in [0.1, 0.15) is 47.9 Å². The van der Waals surface area contributed by atoms with E-state index in [1.807, 2.05) is 23.6 Å². The molecular weight excluding hydrogens is 412 g/mol. The molecule has 0 saturated heterocycles. The molecule has 0 aliphatic heterocycles. The summed E-state index contributed by atoms with van der Waals surface area (Å²) in [7, 11) is 0. The summed E-state index contributed by atoms with van der Waals surface area (Å²) in [5, 5.41) is 3.74. The fourth-order valence-corrected chi connectivity index (χ4v) is 5.26. The van der Waals surface area contributed by atoms with Gasteiger partial charge < -0.3 is 5.32 Å². The Morgan fingerprint density at radius 2 is 2.33 bits per heavy atom. The summed E-state index contributed by atoms with van der Waals surface area (Å²) < 4.78 is 2.31. The van der Waals surface area contributed by atoms with Crippen LogP contribution in [0.3, 0.4) is 0 Å². The molecule has 2 heterocycles. The van der Waals surface area contributed by atoms with E-state index in [9.17, 15) is 0 Å². The molecule has 5 heteroatoms. The standard InChI is InChI=1S/C16H18Br2N2S/c1-2-7-19-15(13-9-12(17)16(18)21-13)11-6-5-10-4-3-8-20-14(10)11/h3-4,8-9,11,15,19H,2,5-7H2,1H3. The van der Waals surface area contributed by atoms with Crippen molar-refractivity contribution in [1.29, 1.82) is 0 Å². The molecule has 0 radical (unpaired) electrons. The number of nitrogens with one attached hydrogen (secondary N) is 1. The SMILES string of the molecule is CCCNC(c1cc(Br)c(Br)s1)C1CCc2cccnc21. The Morgan fingerprint density at radius 3 is 3.05 bits per heavy atom. The molecule has 0 saturated carbocycles. The third kappa shape index (κ3) is 3.26. The quantitative estimate of drug-likeness (QED) is 0.684. The number of thiophene rings is 1. The lowest BCUT2D eigenvalue weighted by Crippen LogP contribution is -2.26. The van der Waals surface area contributed by atoms with Crippen molar-refractivity contribution in [2.75, 3.05) is 6.54 Å². The Labute approximate surface area is 146 Å². The molecule has 112 valence electrons. The van der Waals surface area contributed by atoms with E-state index >= 15 is 0 Å². The number of hydrogen-bond donors (Lipinski definition) is 1. The lowest BCUT2D eigenvalue weighted by atomic mass is 9.95. The molecule has 0 fully saturated rings. The first-order valence-electron chi connectivity index (χ1n) is 7.32. The van der Waals surface area contributed by atoms with Crippen LogP contribution in [0.2, 0.25) is 0 Å². The second-order valence-electron chi connectivity index (χ2n) is 5.40. The average Bonchev–Trinajstić information content (AvgIpc) is 3.05. The van der Waals surface area contributed by atoms with Gasteiger partial charge in [0.05, 0.1) is 9.83 Å². The Bertz CT molecular complexity index is 607. The van der Waals surface area contributed by atoms with Crippen molar-refractivity contribution in [2.24, 2.45) is 0 Å². The van der Waals surface area contributed by atoms with Gasteiger partial charge in [-0.3, -0.25) is 4.98 Å². The van der Waals surface area contributed by atoms with Gasteiger partial charge in [0.15, 0.2) is 0 Å². The number of nitrogens with zero attached hydrogens (tertiary/aromatic N) is 1. The topological polar surface area (TPSA) is 24.9 Å². The average molecular weight is 430 g/mol. The summed E-state index contributed by atoms with van der Waals surface area (Å²) in [4.78, 5) is 6.05. The molecule has 1 aliphatic carbocycles. The smallest absolute Gasteiger partial charge is 0.0843 e. The lowest BCUT2D eigenvalue weighted by molar-refractivity contribution is 0.443. The number of fused-ring (bicyclic) bond motifs is 1. The maximum absolute atomic E-state index is 4.67. The van der Waals surface area contributed by atoms with Crippen LogP contribution in [0.4, 0.5) is 0 Å². The zero-order chi connectivity index (χ0) is 14.8. The first-order chi connectivity index (χ1) is 10.2. The number of hydrogen-bond acceptors (Lipinski definition) is 3. The number of aromatic nitrogens is 1. The molecule has 0 bridgehead atoms. The number of rotatable bonds is 5. The number of aryl methyl sites for hydroxylation is 1. The van der Waals surface area contributed by atoms with E-state index in [1.54, 1.807) is 0 Å². The van der Waals surface area contributed by atoms with Crippen molar-refractivity contribution in [3.05, 3.63) is 48.8 Å². The highest BCUT2D eigenvalue weighted by Gasteiger charge is 2.32. The van der Waals surface area contributed by atoms with Crippen LogP contribution in [-0.2, 0) is 6.42 Å². The lowest BCUT2D eigenvalue weighted by Gasteiger charge is -2.24. The molecule has 2 atom stereocenters. The maximum atomic E-state index is 4.67. The van der Waals surface area contributed by atoms with Crippen LogP contribution in [0, 0.1) is 0 Å². The zero-order valence-corrected chi connectivity index (χ0v) is 15.9. The van der Waals surface area contributed by atoms with Gasteiger partial charge in [-0.05, 0) is 75.4 Å². The van der Waals surface area contributed by atoms with Gasteiger partial charge in [-0.1, -0.05) is 13.0 Å². The highest BCUT2D eigenvalue weighted by Crippen LogP contribution is 2.44. The van der Waals surface area contributed by atoms with Crippen molar-refractivity contribution in [2.45, 2.75) is 38.1 Å². The second kappa shape index (κ2) is 6.90. The van der Waals surface area contributed by atoms with Crippen molar-refractivity contribution in [1.82, 2.24) is 10.3 Å². The molecule has 0 spiro atoms. The molecular formula is C16H18Br2N2S. The second-order valence-corrected chi connectivity index (χ2v) is 8.65. The summed E-state index contributed by atoms with van der Waals surface area (Å²) in [5.41, 5.74) is 2.70. The van der Waals surface area contributed by atoms with Crippen LogP contribution < -0.4 is 5.32 Å². The largest absolute Gasteiger partial charge is 0.309 e. The van der Waals surface area contributed by atoms with Gasteiger partial charge in [0.1, 0.15) is 0 Å². The van der Waals surface area contributed by atoms with E-state index in [2.05, 4.69) is 61.2 Å². The first kappa shape index (κ1) is 15.7. The van der Waals surface area contributed by atoms with Crippen LogP contribution in [0.5, 0.6) is 0 Å². The highest BCUT2D eigenvalue weighted by molar-refractivity contribution is 9.13. The van der Waals surface area contributed by atoms with Crippen LogP contribution in [0.25, 0.3) is 0 Å². The molecule has 3 rings (SSSR count). The summed E-state index contributed by atoms with van der Waals surface area (Å²) in [6.45, 7) is 3.25. The highest BCUT2D eigenvalue weighted by atomic mass is 79.9. The monoisotopic (exact) mass is 428 g/mol. The fourth-order valence-electron chi connectivity index (χ4n) is 3.03. The number of halogens is 2. The molecule has 1 N–H and O–H groups in total. The van der Waals surface area contributed by atoms with Crippen LogP contribution in [-0.4, -0.2) is 11.5 Å². The molecule has 2 nitrogen and oxygen atoms in total. The Hall–Kier alpha value is -0.230. The van der Waals surface area contributed by atoms with Gasteiger partial charge in [-0.25, -0.2) is 0 Å². The minimum Gasteiger partial charge on any atom is -0.309 e. The fraction of sp³-hybridized carbons (Fsp3) is 0.438. The molecule has 0 aromatic carbocycles. The van der Waals surface area contributed by atoms with Crippen molar-refractivity contribution in [3.63, 3.8) is 0 Å². The van der Waals surface area contributed by atoms with E-state index in [4.69, 9.17) is 0 Å². The Morgan fingerprint density at radius 1 is 1.48 bits per heavy atom. The molecule has 2 unspecified atom stereocenters. The van der Waals surface area contributed by atoms with E-state index in [-0.39, 0.29) is 0 Å². The van der Waals surface area contributed by atoms with Gasteiger partial charge in [-0.15, -0.1) is 11.3 Å². The van der Waals surface area contributed by atoms with Gasteiger partial charge in [-0.2, -0.15) is 0 Å². The van der Waals surface area contributed by atoms with Crippen molar-refractivity contribution in [3.8, 4) is 0 Å². The first-order valence-corrected chi connectivity index (χ1v) is 9.73. The Kier molecular flexibility index (Phi) is 5.15. The molecule has 2 aromatic heterocycles. The molecule has 21 heavy (non-hydrogen) atoms. The Balaban J connectivity index is 1.93. The van der Waals surface area contributed by atoms with Gasteiger partial charge in [0, 0.05) is 27.2 Å². The van der Waals surface area contributed by atoms with Crippen LogP contribution in [0.15, 0.2) is 32.7 Å². The van der Waals surface area contributed by atoms with Crippen LogP contribution >= 0.6 is 43.2 Å². The summed E-state index contributed by atoms with van der Waals surface area (Å²) in [6, 6.07) is 6.87. The van der Waals surface area contributed by atoms with Gasteiger partial charge in [0.25, 0.3) is 0 Å². The van der Waals surface area contributed by atoms with Gasteiger partial charge >= 0.3 is 0 Å². The molecule has 1 aliphatic rings. The summed E-state index contributed by atoms with van der Waals surface area (Å²) >= 11 is 9.05. The number of pyridine rings is 1. The van der Waals surface area contributed by atoms with E-state index in [1.165, 1.54) is 26.3 Å². The summed E-state index contributed by atoms with van der Waals surface area (Å²) in [6.07, 6.45) is 5.40. The van der Waals surface area contributed by atoms with E-state index < -0.39 is 0 Å². The normalized spacial score (nSPS) is 18.7. The van der Waals surface area contributed by atoms with Crippen molar-refractivity contribution < 1.29 is 0 Å². The predicted molar refractivity (Wildman–Crippen MR) is 96.1 cm³/mol. The van der Waals surface area contributed by atoms with Gasteiger partial charge in [0.2, 0.25) is 0 Å². The molecule has 2 aromatic rings. The minimum atomic E-state index is 0.355. The van der Waals surface area contributed by atoms with Crippen molar-refractivity contribution >= 4 is 43.2 Å².